The van der Waals surface area contributed by atoms with E-state index in [1.165, 1.54) is 0 Å². The molecule has 170 valence electrons. The molecule has 31 heavy (non-hydrogen) atoms. The predicted octanol–water partition coefficient (Wildman–Crippen LogP) is 3.15. The van der Waals surface area contributed by atoms with Gasteiger partial charge in [-0.25, -0.2) is 8.42 Å². The first-order valence-electron chi connectivity index (χ1n) is 9.85. The maximum absolute atomic E-state index is 12.9. The summed E-state index contributed by atoms with van der Waals surface area (Å²) in [4.78, 5) is 4.74. The van der Waals surface area contributed by atoms with Gasteiger partial charge in [-0.1, -0.05) is 23.7 Å². The van der Waals surface area contributed by atoms with Crippen LogP contribution in [0, 0.1) is 0 Å². The number of nitrogens with one attached hydrogen (secondary N) is 2. The third kappa shape index (κ3) is 5.18. The van der Waals surface area contributed by atoms with Gasteiger partial charge in [-0.3, -0.25) is 4.99 Å². The lowest BCUT2D eigenvalue weighted by atomic mass is 9.85. The fraction of sp³-hybridized carbons (Fsp3) is 0.450. The number of piperidine rings is 1. The van der Waals surface area contributed by atoms with Crippen LogP contribution in [-0.4, -0.2) is 57.4 Å². The molecule has 0 saturated carbocycles. The van der Waals surface area contributed by atoms with E-state index in [4.69, 9.17) is 21.3 Å². The molecular weight excluding hydrogens is 479 g/mol. The Balaban J connectivity index is 0.00000272. The number of benzene rings is 1. The van der Waals surface area contributed by atoms with E-state index in [0.29, 0.717) is 47.6 Å². The number of aliphatic imine (C=N–C) groups is 1. The number of hydrogen-bond donors (Lipinski definition) is 2. The van der Waals surface area contributed by atoms with Gasteiger partial charge in [-0.2, -0.15) is 4.31 Å². The van der Waals surface area contributed by atoms with Crippen molar-refractivity contribution in [3.05, 3.63) is 46.3 Å². The summed E-state index contributed by atoms with van der Waals surface area (Å²) >= 11 is 7.04. The van der Waals surface area contributed by atoms with Crippen LogP contribution < -0.4 is 15.4 Å². The van der Waals surface area contributed by atoms with Crippen molar-refractivity contribution in [3.63, 3.8) is 0 Å². The topological polar surface area (TPSA) is 83.0 Å². The molecule has 1 aromatic heterocycles. The fourth-order valence-corrected chi connectivity index (χ4v) is 7.06. The summed E-state index contributed by atoms with van der Waals surface area (Å²) in [6.07, 6.45) is 1.32. The molecule has 0 radical (unpaired) electrons. The van der Waals surface area contributed by atoms with Crippen molar-refractivity contribution < 1.29 is 13.2 Å². The fourth-order valence-electron chi connectivity index (χ4n) is 3.98. The molecule has 7 nitrogen and oxygen atoms in total. The highest BCUT2D eigenvalue weighted by Gasteiger charge is 2.43. The minimum Gasteiger partial charge on any atom is -0.497 e. The molecule has 0 atom stereocenters. The van der Waals surface area contributed by atoms with E-state index >= 15 is 0 Å². The summed E-state index contributed by atoms with van der Waals surface area (Å²) in [6, 6.07) is 11.1. The second-order valence-corrected chi connectivity index (χ2v) is 11.3. The summed E-state index contributed by atoms with van der Waals surface area (Å²) in [5.74, 6) is 1.73. The van der Waals surface area contributed by atoms with Gasteiger partial charge in [-0.15, -0.1) is 23.7 Å². The highest BCUT2D eigenvalue weighted by molar-refractivity contribution is 7.91. The molecule has 1 spiro atoms. The largest absolute Gasteiger partial charge is 0.497 e. The van der Waals surface area contributed by atoms with Crippen molar-refractivity contribution in [2.75, 3.05) is 33.3 Å². The van der Waals surface area contributed by atoms with Crippen LogP contribution in [0.25, 0.3) is 0 Å². The van der Waals surface area contributed by atoms with Gasteiger partial charge in [0.2, 0.25) is 0 Å². The molecule has 0 amide bonds. The first-order valence-corrected chi connectivity index (χ1v) is 12.5. The van der Waals surface area contributed by atoms with Crippen molar-refractivity contribution in [2.45, 2.75) is 29.1 Å². The zero-order valence-electron chi connectivity index (χ0n) is 17.1. The summed E-state index contributed by atoms with van der Waals surface area (Å²) < 4.78 is 33.5. The normalized spacial score (nSPS) is 18.8. The highest BCUT2D eigenvalue weighted by Crippen LogP contribution is 2.32. The molecule has 0 unspecified atom stereocenters. The number of ether oxygens (including phenoxy) is 1. The van der Waals surface area contributed by atoms with Crippen molar-refractivity contribution >= 4 is 51.2 Å². The molecule has 0 bridgehead atoms. The van der Waals surface area contributed by atoms with Crippen LogP contribution in [0.2, 0.25) is 4.34 Å². The molecular formula is C20H26Cl2N4O3S2. The van der Waals surface area contributed by atoms with Crippen molar-refractivity contribution in [1.82, 2.24) is 14.9 Å². The molecule has 3 heterocycles. The van der Waals surface area contributed by atoms with Crippen LogP contribution in [0.15, 0.2) is 45.6 Å². The first kappa shape index (κ1) is 24.3. The molecule has 2 aliphatic heterocycles. The van der Waals surface area contributed by atoms with Crippen molar-refractivity contribution in [3.8, 4) is 5.75 Å². The number of sulfonamides is 1. The summed E-state index contributed by atoms with van der Waals surface area (Å²) in [7, 11) is -1.86. The van der Waals surface area contributed by atoms with Gasteiger partial charge >= 0.3 is 0 Å². The molecule has 11 heteroatoms. The van der Waals surface area contributed by atoms with Gasteiger partial charge in [0.15, 0.2) is 0 Å². The number of hydrogen-bond acceptors (Lipinski definition) is 7. The number of nitrogens with zero attached hydrogens (tertiary/aromatic N) is 2. The van der Waals surface area contributed by atoms with Gasteiger partial charge in [0.1, 0.15) is 15.8 Å². The first-order chi connectivity index (χ1) is 14.4. The Morgan fingerprint density at radius 3 is 2.74 bits per heavy atom. The molecule has 4 rings (SSSR count). The third-order valence-corrected chi connectivity index (χ3v) is 9.21. The molecule has 2 aliphatic rings. The van der Waals surface area contributed by atoms with Crippen molar-refractivity contribution in [2.24, 2.45) is 4.99 Å². The van der Waals surface area contributed by atoms with E-state index < -0.39 is 10.0 Å². The molecule has 2 aromatic rings. The molecule has 1 fully saturated rings. The number of halogens is 2. The molecule has 0 aliphatic carbocycles. The van der Waals surface area contributed by atoms with Gasteiger partial charge in [-0.05, 0) is 42.7 Å². The number of methoxy groups -OCH3 is 1. The van der Waals surface area contributed by atoms with Crippen LogP contribution in [0.5, 0.6) is 5.75 Å². The van der Waals surface area contributed by atoms with Crippen LogP contribution in [0.4, 0.5) is 0 Å². The summed E-state index contributed by atoms with van der Waals surface area (Å²) in [5, 5.41) is 7.09. The second kappa shape index (κ2) is 10.1. The van der Waals surface area contributed by atoms with Crippen LogP contribution in [0.1, 0.15) is 18.4 Å². The standard InChI is InChI=1S/C20H25ClN4O3S2.ClH/c1-28-16-4-2-3-15(13-16)14-23-19-20(24-10-9-22-19)7-11-25(12-8-20)30(26,27)18-6-5-17(21)29-18;/h2-6,13,24H,7-12,14H2,1H3,(H,22,23);1H. The minimum absolute atomic E-state index is 0. The van der Waals surface area contributed by atoms with E-state index in [-0.39, 0.29) is 17.9 Å². The number of thiophene rings is 1. The van der Waals surface area contributed by atoms with E-state index in [1.807, 2.05) is 24.3 Å². The average Bonchev–Trinajstić information content (AvgIpc) is 3.21. The van der Waals surface area contributed by atoms with Crippen LogP contribution in [0.3, 0.4) is 0 Å². The summed E-state index contributed by atoms with van der Waals surface area (Å²) in [5.41, 5.74) is 0.781. The van der Waals surface area contributed by atoms with Gasteiger partial charge in [0.25, 0.3) is 10.0 Å². The monoisotopic (exact) mass is 504 g/mol. The highest BCUT2D eigenvalue weighted by atomic mass is 35.5. The lowest BCUT2D eigenvalue weighted by Gasteiger charge is -2.44. The lowest BCUT2D eigenvalue weighted by molar-refractivity contribution is 0.241. The average molecular weight is 505 g/mol. The Morgan fingerprint density at radius 2 is 2.06 bits per heavy atom. The maximum atomic E-state index is 12.9. The Kier molecular flexibility index (Phi) is 7.88. The van der Waals surface area contributed by atoms with Gasteiger partial charge < -0.3 is 15.4 Å². The van der Waals surface area contributed by atoms with Crippen LogP contribution >= 0.6 is 35.3 Å². The van der Waals surface area contributed by atoms with E-state index in [1.54, 1.807) is 23.5 Å². The molecule has 1 aromatic carbocycles. The Labute approximate surface area is 198 Å². The Bertz CT molecular complexity index is 1030. The number of amidine groups is 1. The van der Waals surface area contributed by atoms with Crippen LogP contribution in [-0.2, 0) is 16.6 Å². The van der Waals surface area contributed by atoms with E-state index in [2.05, 4.69) is 10.6 Å². The van der Waals surface area contributed by atoms with E-state index in [0.717, 1.165) is 35.0 Å². The SMILES string of the molecule is COc1cccc(CNC2=NCCNC23CCN(S(=O)(=O)c2ccc(Cl)s2)CC3)c1.Cl. The quantitative estimate of drug-likeness (QED) is 0.653. The zero-order chi connectivity index (χ0) is 21.2. The van der Waals surface area contributed by atoms with Crippen molar-refractivity contribution in [1.29, 1.82) is 0 Å². The second-order valence-electron chi connectivity index (χ2n) is 7.41. The maximum Gasteiger partial charge on any atom is 0.252 e. The molecule has 2 N–H and O–H groups in total. The minimum atomic E-state index is -3.51. The third-order valence-electron chi connectivity index (χ3n) is 5.61. The Hall–Kier alpha value is -1.36. The smallest absolute Gasteiger partial charge is 0.252 e. The predicted molar refractivity (Wildman–Crippen MR) is 127 cm³/mol. The Morgan fingerprint density at radius 1 is 1.29 bits per heavy atom. The summed E-state index contributed by atoms with van der Waals surface area (Å²) in [6.45, 7) is 3.00. The lowest BCUT2D eigenvalue weighted by Crippen LogP contribution is -2.64. The zero-order valence-corrected chi connectivity index (χ0v) is 20.3. The van der Waals surface area contributed by atoms with Gasteiger partial charge in [0, 0.05) is 26.2 Å². The van der Waals surface area contributed by atoms with E-state index in [9.17, 15) is 8.42 Å². The number of rotatable bonds is 5. The van der Waals surface area contributed by atoms with Gasteiger partial charge in [0.05, 0.1) is 23.5 Å². The molecule has 1 saturated heterocycles.